The third-order valence-electron chi connectivity index (χ3n) is 4.67. The minimum Gasteiger partial charge on any atom is -0.507 e. The van der Waals surface area contributed by atoms with Gasteiger partial charge in [-0.05, 0) is 24.8 Å². The molecule has 1 unspecified atom stereocenters. The zero-order valence-corrected chi connectivity index (χ0v) is 14.8. The lowest BCUT2D eigenvalue weighted by molar-refractivity contribution is 0.0836. The van der Waals surface area contributed by atoms with Gasteiger partial charge < -0.3 is 14.3 Å². The van der Waals surface area contributed by atoms with Gasteiger partial charge in [0.2, 0.25) is 0 Å². The normalized spacial score (nSPS) is 16.7. The molecule has 0 bridgehead atoms. The molecule has 1 N–H and O–H groups in total. The van der Waals surface area contributed by atoms with Crippen LogP contribution in [0.3, 0.4) is 0 Å². The van der Waals surface area contributed by atoms with E-state index >= 15 is 0 Å². The maximum atomic E-state index is 12.7. The van der Waals surface area contributed by atoms with Crippen molar-refractivity contribution in [3.8, 4) is 11.5 Å². The number of carbonyl (C=O) groups excluding carboxylic acids is 1. The summed E-state index contributed by atoms with van der Waals surface area (Å²) in [5.74, 6) is 0.215. The van der Waals surface area contributed by atoms with Gasteiger partial charge in [-0.15, -0.1) is 0 Å². The number of hydrogen-bond donors (Lipinski definition) is 1. The topological polar surface area (TPSA) is 76.7 Å². The zero-order valence-electron chi connectivity index (χ0n) is 14.8. The number of Topliss-reactive ketones (excluding diaryl/α,β-unsaturated/α-hetero) is 1. The van der Waals surface area contributed by atoms with Crippen LogP contribution in [0.1, 0.15) is 68.3 Å². The molecule has 0 saturated heterocycles. The molecule has 25 heavy (non-hydrogen) atoms. The van der Waals surface area contributed by atoms with E-state index in [1.165, 1.54) is 12.1 Å². The Kier molecular flexibility index (Phi) is 5.11. The number of aryl methyl sites for hydroxylation is 1. The van der Waals surface area contributed by atoms with Crippen molar-refractivity contribution in [1.82, 2.24) is 0 Å². The third kappa shape index (κ3) is 3.41. The highest BCUT2D eigenvalue weighted by Crippen LogP contribution is 2.40. The fourth-order valence-electron chi connectivity index (χ4n) is 3.52. The van der Waals surface area contributed by atoms with Gasteiger partial charge >= 0.3 is 5.63 Å². The lowest BCUT2D eigenvalue weighted by Gasteiger charge is -2.26. The average Bonchev–Trinajstić information content (AvgIpc) is 2.54. The maximum Gasteiger partial charge on any atom is 0.336 e. The van der Waals surface area contributed by atoms with Crippen molar-refractivity contribution in [3.63, 3.8) is 0 Å². The van der Waals surface area contributed by atoms with Crippen molar-refractivity contribution in [2.45, 2.75) is 64.9 Å². The van der Waals surface area contributed by atoms with Crippen LogP contribution in [0, 0.1) is 0 Å². The summed E-state index contributed by atoms with van der Waals surface area (Å²) in [5.41, 5.74) is 0.631. The van der Waals surface area contributed by atoms with Gasteiger partial charge in [0.15, 0.2) is 11.4 Å². The Morgan fingerprint density at radius 1 is 1.16 bits per heavy atom. The number of fused-ring (bicyclic) bond motifs is 3. The van der Waals surface area contributed by atoms with Gasteiger partial charge in [0, 0.05) is 18.6 Å². The van der Waals surface area contributed by atoms with Crippen LogP contribution in [-0.2, 0) is 6.42 Å². The van der Waals surface area contributed by atoms with E-state index in [4.69, 9.17) is 9.15 Å². The number of aromatic hydroxyl groups is 1. The summed E-state index contributed by atoms with van der Waals surface area (Å²) >= 11 is 0. The van der Waals surface area contributed by atoms with Crippen LogP contribution in [0.5, 0.6) is 11.5 Å². The second-order valence-corrected chi connectivity index (χ2v) is 6.68. The lowest BCUT2D eigenvalue weighted by atomic mass is 9.93. The Morgan fingerprint density at radius 3 is 2.68 bits per heavy atom. The monoisotopic (exact) mass is 344 g/mol. The van der Waals surface area contributed by atoms with E-state index in [0.717, 1.165) is 32.1 Å². The fourth-order valence-corrected chi connectivity index (χ4v) is 3.52. The molecule has 0 amide bonds. The second-order valence-electron chi connectivity index (χ2n) is 6.68. The van der Waals surface area contributed by atoms with Crippen molar-refractivity contribution in [3.05, 3.63) is 33.7 Å². The molecule has 0 saturated carbocycles. The van der Waals surface area contributed by atoms with E-state index in [2.05, 4.69) is 6.92 Å². The predicted molar refractivity (Wildman–Crippen MR) is 95.6 cm³/mol. The molecule has 1 aromatic carbocycles. The number of phenols is 1. The Morgan fingerprint density at radius 2 is 1.96 bits per heavy atom. The van der Waals surface area contributed by atoms with Crippen LogP contribution in [0.15, 0.2) is 21.3 Å². The Bertz CT molecular complexity index is 849. The third-order valence-corrected chi connectivity index (χ3v) is 4.67. The number of ether oxygens (including phenoxy) is 1. The SMILES string of the molecule is CCCCCC1CC(=O)c2c(cc(O)c3c(CCC)cc(=O)oc23)O1. The summed E-state index contributed by atoms with van der Waals surface area (Å²) in [7, 11) is 0. The highest BCUT2D eigenvalue weighted by molar-refractivity contribution is 6.11. The first-order valence-corrected chi connectivity index (χ1v) is 9.07. The van der Waals surface area contributed by atoms with E-state index in [0.29, 0.717) is 23.1 Å². The molecule has 0 spiro atoms. The molecule has 5 heteroatoms. The molecule has 3 rings (SSSR count). The van der Waals surface area contributed by atoms with Gasteiger partial charge in [-0.3, -0.25) is 4.79 Å². The zero-order chi connectivity index (χ0) is 18.0. The number of rotatable bonds is 6. The molecule has 0 aliphatic carbocycles. The molecule has 2 heterocycles. The van der Waals surface area contributed by atoms with Crippen molar-refractivity contribution < 1.29 is 19.1 Å². The van der Waals surface area contributed by atoms with Crippen molar-refractivity contribution in [2.75, 3.05) is 0 Å². The minimum absolute atomic E-state index is 0.0111. The van der Waals surface area contributed by atoms with Gasteiger partial charge in [0.05, 0.1) is 5.39 Å². The number of benzene rings is 1. The number of unbranched alkanes of at least 4 members (excludes halogenated alkanes) is 2. The number of phenolic OH excluding ortho intramolecular Hbond substituents is 1. The lowest BCUT2D eigenvalue weighted by Crippen LogP contribution is -2.27. The van der Waals surface area contributed by atoms with E-state index in [-0.39, 0.29) is 35.2 Å². The molecule has 1 aromatic heterocycles. The smallest absolute Gasteiger partial charge is 0.336 e. The first kappa shape index (κ1) is 17.5. The van der Waals surface area contributed by atoms with Crippen LogP contribution in [0.2, 0.25) is 0 Å². The quantitative estimate of drug-likeness (QED) is 0.622. The van der Waals surface area contributed by atoms with Gasteiger partial charge in [-0.25, -0.2) is 4.79 Å². The predicted octanol–water partition coefficient (Wildman–Crippen LogP) is 4.37. The largest absolute Gasteiger partial charge is 0.507 e. The Hall–Kier alpha value is -2.30. The summed E-state index contributed by atoms with van der Waals surface area (Å²) in [6, 6.07) is 2.88. The number of hydrogen-bond acceptors (Lipinski definition) is 5. The molecule has 1 aliphatic rings. The molecule has 5 nitrogen and oxygen atoms in total. The summed E-state index contributed by atoms with van der Waals surface area (Å²) in [5, 5.41) is 10.9. The molecule has 2 aromatic rings. The Balaban J connectivity index is 2.08. The van der Waals surface area contributed by atoms with E-state index in [1.807, 2.05) is 6.92 Å². The molecular weight excluding hydrogens is 320 g/mol. The Labute approximate surface area is 146 Å². The molecule has 0 radical (unpaired) electrons. The van der Waals surface area contributed by atoms with Gasteiger partial charge in [0.25, 0.3) is 0 Å². The average molecular weight is 344 g/mol. The summed E-state index contributed by atoms with van der Waals surface area (Å²) in [6.07, 6.45) is 5.54. The van der Waals surface area contributed by atoms with Crippen LogP contribution in [0.25, 0.3) is 11.0 Å². The fraction of sp³-hybridized carbons (Fsp3) is 0.500. The second kappa shape index (κ2) is 7.30. The summed E-state index contributed by atoms with van der Waals surface area (Å²) in [4.78, 5) is 24.6. The van der Waals surface area contributed by atoms with Crippen LogP contribution in [-0.4, -0.2) is 17.0 Å². The van der Waals surface area contributed by atoms with E-state index in [1.54, 1.807) is 0 Å². The molecule has 0 fully saturated rings. The van der Waals surface area contributed by atoms with Crippen LogP contribution in [0.4, 0.5) is 0 Å². The van der Waals surface area contributed by atoms with E-state index in [9.17, 15) is 14.7 Å². The maximum absolute atomic E-state index is 12.7. The summed E-state index contributed by atoms with van der Waals surface area (Å²) < 4.78 is 11.3. The standard InChI is InChI=1S/C20H24O5/c1-3-5-6-8-13-10-14(21)19-16(24-13)11-15(22)18-12(7-4-2)9-17(23)25-20(18)19/h9,11,13,22H,3-8,10H2,1-2H3. The van der Waals surface area contributed by atoms with E-state index < -0.39 is 5.63 Å². The highest BCUT2D eigenvalue weighted by atomic mass is 16.5. The molecule has 1 aliphatic heterocycles. The summed E-state index contributed by atoms with van der Waals surface area (Å²) in [6.45, 7) is 4.12. The first-order chi connectivity index (χ1) is 12.0. The number of ketones is 1. The van der Waals surface area contributed by atoms with Gasteiger partial charge in [-0.1, -0.05) is 33.1 Å². The first-order valence-electron chi connectivity index (χ1n) is 9.07. The van der Waals surface area contributed by atoms with Gasteiger partial charge in [0.1, 0.15) is 23.2 Å². The number of carbonyl (C=O) groups is 1. The minimum atomic E-state index is -0.512. The van der Waals surface area contributed by atoms with Gasteiger partial charge in [-0.2, -0.15) is 0 Å². The van der Waals surface area contributed by atoms with Crippen molar-refractivity contribution in [1.29, 1.82) is 0 Å². The van der Waals surface area contributed by atoms with Crippen LogP contribution < -0.4 is 10.4 Å². The molecule has 1 atom stereocenters. The highest BCUT2D eigenvalue weighted by Gasteiger charge is 2.31. The molecular formula is C20H24O5. The van der Waals surface area contributed by atoms with Crippen molar-refractivity contribution in [2.24, 2.45) is 0 Å². The van der Waals surface area contributed by atoms with Crippen LogP contribution >= 0.6 is 0 Å². The van der Waals surface area contributed by atoms with Crippen molar-refractivity contribution >= 4 is 16.8 Å². The molecule has 134 valence electrons.